The van der Waals surface area contributed by atoms with Crippen LogP contribution in [0.15, 0.2) is 71.1 Å². The summed E-state index contributed by atoms with van der Waals surface area (Å²) in [4.78, 5) is 21.3. The number of aryl methyl sites for hydroxylation is 1. The highest BCUT2D eigenvalue weighted by molar-refractivity contribution is 7.99. The van der Waals surface area contributed by atoms with Crippen molar-refractivity contribution in [1.82, 2.24) is 9.97 Å². The highest BCUT2D eigenvalue weighted by Gasteiger charge is 2.13. The van der Waals surface area contributed by atoms with E-state index in [9.17, 15) is 4.79 Å². The second-order valence-corrected chi connectivity index (χ2v) is 7.34. The van der Waals surface area contributed by atoms with E-state index in [0.29, 0.717) is 34.3 Å². The van der Waals surface area contributed by atoms with Crippen LogP contribution >= 0.6 is 11.8 Å². The largest absolute Gasteiger partial charge is 0.418 e. The third-order valence-electron chi connectivity index (χ3n) is 4.21. The summed E-state index contributed by atoms with van der Waals surface area (Å²) in [6.45, 7) is 1.84. The Morgan fingerprint density at radius 1 is 1.04 bits per heavy atom. The standard InChI is InChI=1S/C22H19N3O2S/c1-15-18(24-20(26)14-28-13-16-8-4-2-5-9-16)12-19-22(23-15)27-21(25-19)17-10-6-3-7-11-17/h2-12H,13-14H2,1H3,(H,24,26). The van der Waals surface area contributed by atoms with E-state index in [1.54, 1.807) is 11.8 Å². The molecule has 5 nitrogen and oxygen atoms in total. The Kier molecular flexibility index (Phi) is 5.39. The van der Waals surface area contributed by atoms with Crippen molar-refractivity contribution in [3.05, 3.63) is 78.0 Å². The first-order valence-corrected chi connectivity index (χ1v) is 10.1. The Morgan fingerprint density at radius 2 is 1.75 bits per heavy atom. The van der Waals surface area contributed by atoms with Gasteiger partial charge in [-0.3, -0.25) is 4.79 Å². The normalized spacial score (nSPS) is 10.9. The molecule has 0 atom stereocenters. The zero-order chi connectivity index (χ0) is 19.3. The Hall–Kier alpha value is -3.12. The molecule has 2 aromatic heterocycles. The molecule has 0 fully saturated rings. The van der Waals surface area contributed by atoms with Crippen LogP contribution in [-0.4, -0.2) is 21.6 Å². The minimum atomic E-state index is -0.0584. The number of carbonyl (C=O) groups is 1. The number of pyridine rings is 1. The van der Waals surface area contributed by atoms with Crippen molar-refractivity contribution in [1.29, 1.82) is 0 Å². The molecule has 0 saturated carbocycles. The molecule has 6 heteroatoms. The van der Waals surface area contributed by atoms with Crippen LogP contribution in [0.2, 0.25) is 0 Å². The van der Waals surface area contributed by atoms with E-state index in [0.717, 1.165) is 11.3 Å². The van der Waals surface area contributed by atoms with Gasteiger partial charge in [-0.25, -0.2) is 9.97 Å². The molecule has 1 N–H and O–H groups in total. The lowest BCUT2D eigenvalue weighted by molar-refractivity contribution is -0.113. The Morgan fingerprint density at radius 3 is 2.50 bits per heavy atom. The molecule has 0 spiro atoms. The number of fused-ring (bicyclic) bond motifs is 1. The molecular formula is C22H19N3O2S. The molecule has 0 radical (unpaired) electrons. The second-order valence-electron chi connectivity index (χ2n) is 6.36. The first-order valence-electron chi connectivity index (χ1n) is 8.94. The predicted octanol–water partition coefficient (Wildman–Crippen LogP) is 5.07. The molecule has 140 valence electrons. The third kappa shape index (κ3) is 4.23. The monoisotopic (exact) mass is 389 g/mol. The lowest BCUT2D eigenvalue weighted by atomic mass is 10.2. The van der Waals surface area contributed by atoms with Gasteiger partial charge in [-0.05, 0) is 30.7 Å². The summed E-state index contributed by atoms with van der Waals surface area (Å²) in [6, 6.07) is 21.6. The molecule has 0 aliphatic heterocycles. The number of nitrogens with one attached hydrogen (secondary N) is 1. The number of hydrogen-bond acceptors (Lipinski definition) is 5. The molecular weight excluding hydrogens is 370 g/mol. The Bertz CT molecular complexity index is 1090. The fraction of sp³-hybridized carbons (Fsp3) is 0.136. The molecule has 2 aromatic carbocycles. The van der Waals surface area contributed by atoms with E-state index in [1.165, 1.54) is 5.56 Å². The predicted molar refractivity (Wildman–Crippen MR) is 113 cm³/mol. The number of oxazole rings is 1. The van der Waals surface area contributed by atoms with Gasteiger partial charge < -0.3 is 9.73 Å². The van der Waals surface area contributed by atoms with Crippen molar-refractivity contribution in [2.45, 2.75) is 12.7 Å². The van der Waals surface area contributed by atoms with Gasteiger partial charge in [0.25, 0.3) is 0 Å². The SMILES string of the molecule is Cc1nc2oc(-c3ccccc3)nc2cc1NC(=O)CSCc1ccccc1. The molecule has 2 heterocycles. The average molecular weight is 389 g/mol. The van der Waals surface area contributed by atoms with Gasteiger partial charge in [0, 0.05) is 11.3 Å². The van der Waals surface area contributed by atoms with Gasteiger partial charge >= 0.3 is 0 Å². The average Bonchev–Trinajstić information content (AvgIpc) is 3.12. The maximum absolute atomic E-state index is 12.3. The summed E-state index contributed by atoms with van der Waals surface area (Å²) in [5, 5.41) is 2.93. The molecule has 4 aromatic rings. The van der Waals surface area contributed by atoms with Crippen LogP contribution in [0.4, 0.5) is 5.69 Å². The third-order valence-corrected chi connectivity index (χ3v) is 5.22. The summed E-state index contributed by atoms with van der Waals surface area (Å²) in [6.07, 6.45) is 0. The van der Waals surface area contributed by atoms with Crippen LogP contribution in [-0.2, 0) is 10.5 Å². The zero-order valence-corrected chi connectivity index (χ0v) is 16.2. The summed E-state index contributed by atoms with van der Waals surface area (Å²) in [5.41, 5.74) is 4.54. The van der Waals surface area contributed by atoms with Crippen molar-refractivity contribution < 1.29 is 9.21 Å². The number of nitrogens with zero attached hydrogens (tertiary/aromatic N) is 2. The second kappa shape index (κ2) is 8.27. The van der Waals surface area contributed by atoms with Gasteiger partial charge in [0.05, 0.1) is 17.1 Å². The van der Waals surface area contributed by atoms with E-state index in [4.69, 9.17) is 4.42 Å². The van der Waals surface area contributed by atoms with Gasteiger partial charge in [0.15, 0.2) is 0 Å². The summed E-state index contributed by atoms with van der Waals surface area (Å²) < 4.78 is 5.77. The van der Waals surface area contributed by atoms with Gasteiger partial charge in [-0.1, -0.05) is 48.5 Å². The Labute approximate surface area is 167 Å². The van der Waals surface area contributed by atoms with E-state index < -0.39 is 0 Å². The Balaban J connectivity index is 1.44. The number of aromatic nitrogens is 2. The molecule has 0 unspecified atom stereocenters. The van der Waals surface area contributed by atoms with E-state index >= 15 is 0 Å². The topological polar surface area (TPSA) is 68.0 Å². The quantitative estimate of drug-likeness (QED) is 0.499. The van der Waals surface area contributed by atoms with Crippen LogP contribution in [0.3, 0.4) is 0 Å². The van der Waals surface area contributed by atoms with Crippen molar-refractivity contribution >= 4 is 34.6 Å². The summed E-state index contributed by atoms with van der Waals surface area (Å²) in [7, 11) is 0. The molecule has 4 rings (SSSR count). The fourth-order valence-corrected chi connectivity index (χ4v) is 3.59. The van der Waals surface area contributed by atoms with Crippen molar-refractivity contribution in [2.75, 3.05) is 11.1 Å². The number of thioether (sulfide) groups is 1. The first kappa shape index (κ1) is 18.3. The molecule has 0 aliphatic carbocycles. The van der Waals surface area contributed by atoms with E-state index in [2.05, 4.69) is 27.4 Å². The first-order chi connectivity index (χ1) is 13.7. The van der Waals surface area contributed by atoms with Crippen molar-refractivity contribution in [3.8, 4) is 11.5 Å². The molecule has 28 heavy (non-hydrogen) atoms. The van der Waals surface area contributed by atoms with Crippen LogP contribution in [0.5, 0.6) is 0 Å². The maximum atomic E-state index is 12.3. The highest BCUT2D eigenvalue weighted by atomic mass is 32.2. The number of rotatable bonds is 6. The highest BCUT2D eigenvalue weighted by Crippen LogP contribution is 2.26. The van der Waals surface area contributed by atoms with Gasteiger partial charge in [-0.15, -0.1) is 11.8 Å². The smallest absolute Gasteiger partial charge is 0.247 e. The number of carbonyl (C=O) groups excluding carboxylic acids is 1. The van der Waals surface area contributed by atoms with Crippen LogP contribution in [0, 0.1) is 6.92 Å². The number of anilines is 1. The zero-order valence-electron chi connectivity index (χ0n) is 15.4. The van der Waals surface area contributed by atoms with Crippen LogP contribution < -0.4 is 5.32 Å². The minimum absolute atomic E-state index is 0.0584. The lowest BCUT2D eigenvalue weighted by Crippen LogP contribution is -2.15. The van der Waals surface area contributed by atoms with Crippen LogP contribution in [0.25, 0.3) is 22.7 Å². The minimum Gasteiger partial charge on any atom is -0.418 e. The van der Waals surface area contributed by atoms with Crippen molar-refractivity contribution in [2.24, 2.45) is 0 Å². The van der Waals surface area contributed by atoms with Gasteiger partial charge in [0.1, 0.15) is 5.52 Å². The number of amides is 1. The number of benzene rings is 2. The molecule has 0 saturated heterocycles. The van der Waals surface area contributed by atoms with Gasteiger partial charge in [0.2, 0.25) is 17.5 Å². The maximum Gasteiger partial charge on any atom is 0.247 e. The summed E-state index contributed by atoms with van der Waals surface area (Å²) >= 11 is 1.58. The van der Waals surface area contributed by atoms with E-state index in [-0.39, 0.29) is 5.91 Å². The molecule has 1 amide bonds. The number of hydrogen-bond donors (Lipinski definition) is 1. The molecule has 0 aliphatic rings. The summed E-state index contributed by atoms with van der Waals surface area (Å²) in [5.74, 6) is 1.63. The van der Waals surface area contributed by atoms with Crippen LogP contribution in [0.1, 0.15) is 11.3 Å². The van der Waals surface area contributed by atoms with Gasteiger partial charge in [-0.2, -0.15) is 0 Å². The lowest BCUT2D eigenvalue weighted by Gasteiger charge is -2.07. The van der Waals surface area contributed by atoms with Crippen molar-refractivity contribution in [3.63, 3.8) is 0 Å². The van der Waals surface area contributed by atoms with E-state index in [1.807, 2.05) is 61.5 Å². The fourth-order valence-electron chi connectivity index (χ4n) is 2.80. The molecule has 0 bridgehead atoms.